The Balaban J connectivity index is 1.56. The highest BCUT2D eigenvalue weighted by atomic mass is 32.2. The molecule has 2 aromatic carbocycles. The lowest BCUT2D eigenvalue weighted by Gasteiger charge is -2.23. The number of aromatic nitrogens is 2. The van der Waals surface area contributed by atoms with Crippen molar-refractivity contribution in [2.24, 2.45) is 0 Å². The lowest BCUT2D eigenvalue weighted by molar-refractivity contribution is 0.102. The van der Waals surface area contributed by atoms with Gasteiger partial charge in [0.1, 0.15) is 5.01 Å². The van der Waals surface area contributed by atoms with Crippen molar-refractivity contribution in [1.29, 1.82) is 0 Å². The van der Waals surface area contributed by atoms with Crippen LogP contribution in [0.15, 0.2) is 47.4 Å². The van der Waals surface area contributed by atoms with Gasteiger partial charge in [0, 0.05) is 18.3 Å². The van der Waals surface area contributed by atoms with Gasteiger partial charge in [-0.25, -0.2) is 17.2 Å². The van der Waals surface area contributed by atoms with Gasteiger partial charge in [-0.3, -0.25) is 4.79 Å². The first kappa shape index (κ1) is 21.5. The molecule has 1 saturated heterocycles. The van der Waals surface area contributed by atoms with Gasteiger partial charge in [-0.05, 0) is 43.5 Å². The Morgan fingerprint density at radius 1 is 1.16 bits per heavy atom. The van der Waals surface area contributed by atoms with Gasteiger partial charge >= 0.3 is 0 Å². The van der Waals surface area contributed by atoms with E-state index in [0.29, 0.717) is 30.0 Å². The Morgan fingerprint density at radius 2 is 1.94 bits per heavy atom. The number of nitrogens with zero attached hydrogens (tertiary/aromatic N) is 3. The second-order valence-electron chi connectivity index (χ2n) is 7.07. The van der Waals surface area contributed by atoms with Crippen molar-refractivity contribution in [2.75, 3.05) is 11.9 Å². The van der Waals surface area contributed by atoms with Gasteiger partial charge in [-0.15, -0.1) is 10.2 Å². The van der Waals surface area contributed by atoms with Crippen molar-refractivity contribution in [1.82, 2.24) is 14.5 Å². The summed E-state index contributed by atoms with van der Waals surface area (Å²) < 4.78 is 54.2. The molecular weight excluding hydrogens is 446 g/mol. The molecule has 1 aromatic heterocycles. The number of aryl methyl sites for hydroxylation is 1. The molecule has 1 aliphatic heterocycles. The number of nitrogens with one attached hydrogen (secondary N) is 1. The minimum Gasteiger partial charge on any atom is -0.320 e. The summed E-state index contributed by atoms with van der Waals surface area (Å²) in [5, 5.41) is 10.8. The average molecular weight is 465 g/mol. The van der Waals surface area contributed by atoms with Crippen LogP contribution in [0.5, 0.6) is 0 Å². The van der Waals surface area contributed by atoms with Crippen molar-refractivity contribution in [3.05, 3.63) is 69.7 Å². The van der Waals surface area contributed by atoms with Crippen LogP contribution in [0.25, 0.3) is 0 Å². The van der Waals surface area contributed by atoms with E-state index < -0.39 is 33.6 Å². The smallest absolute Gasteiger partial charge is 0.286 e. The largest absolute Gasteiger partial charge is 0.320 e. The number of carbonyl (C=O) groups excluding carboxylic acids is 1. The van der Waals surface area contributed by atoms with Crippen molar-refractivity contribution < 1.29 is 22.0 Å². The monoisotopic (exact) mass is 464 g/mol. The first-order valence-electron chi connectivity index (χ1n) is 9.44. The van der Waals surface area contributed by atoms with E-state index in [1.807, 2.05) is 0 Å². The molecule has 7 nitrogen and oxygen atoms in total. The highest BCUT2D eigenvalue weighted by molar-refractivity contribution is 7.89. The first-order valence-corrected chi connectivity index (χ1v) is 11.7. The van der Waals surface area contributed by atoms with Gasteiger partial charge in [-0.1, -0.05) is 29.5 Å². The number of hydrogen-bond donors (Lipinski definition) is 1. The third-order valence-corrected chi connectivity index (χ3v) is 8.07. The number of rotatable bonds is 5. The molecule has 4 rings (SSSR count). The normalized spacial score (nSPS) is 17.1. The summed E-state index contributed by atoms with van der Waals surface area (Å²) in [5.74, 6) is -2.74. The second kappa shape index (κ2) is 8.40. The maximum atomic E-state index is 13.3. The highest BCUT2D eigenvalue weighted by Gasteiger charge is 2.39. The third kappa shape index (κ3) is 4.21. The zero-order valence-corrected chi connectivity index (χ0v) is 18.0. The van der Waals surface area contributed by atoms with Crippen LogP contribution in [0.3, 0.4) is 0 Å². The zero-order chi connectivity index (χ0) is 22.2. The van der Waals surface area contributed by atoms with Gasteiger partial charge in [-0.2, -0.15) is 4.31 Å². The molecule has 1 aliphatic rings. The van der Waals surface area contributed by atoms with E-state index >= 15 is 0 Å². The fraction of sp³-hybridized carbons (Fsp3) is 0.250. The second-order valence-corrected chi connectivity index (χ2v) is 9.94. The van der Waals surface area contributed by atoms with Gasteiger partial charge in [0.25, 0.3) is 5.91 Å². The number of anilines is 1. The van der Waals surface area contributed by atoms with Crippen LogP contribution >= 0.6 is 11.3 Å². The third-order valence-electron chi connectivity index (χ3n) is 4.98. The van der Waals surface area contributed by atoms with Gasteiger partial charge < -0.3 is 5.32 Å². The Morgan fingerprint density at radius 3 is 2.68 bits per heavy atom. The predicted molar refractivity (Wildman–Crippen MR) is 111 cm³/mol. The molecule has 1 amide bonds. The quantitative estimate of drug-likeness (QED) is 0.618. The fourth-order valence-electron chi connectivity index (χ4n) is 3.47. The summed E-state index contributed by atoms with van der Waals surface area (Å²) >= 11 is 0.976. The SMILES string of the molecule is Cc1ccccc1S(=O)(=O)N1CCC[C@H]1c1nnc(C(=O)Nc2ccc(F)c(F)c2)s1. The molecule has 0 bridgehead atoms. The molecule has 0 saturated carbocycles. The van der Waals surface area contributed by atoms with E-state index in [2.05, 4.69) is 15.5 Å². The van der Waals surface area contributed by atoms with E-state index in [0.717, 1.165) is 23.5 Å². The van der Waals surface area contributed by atoms with Crippen LogP contribution in [0.1, 0.15) is 39.3 Å². The zero-order valence-electron chi connectivity index (χ0n) is 16.4. The molecule has 162 valence electrons. The average Bonchev–Trinajstić information content (AvgIpc) is 3.40. The lowest BCUT2D eigenvalue weighted by Crippen LogP contribution is -2.31. The minimum absolute atomic E-state index is 0.000118. The summed E-state index contributed by atoms with van der Waals surface area (Å²) in [4.78, 5) is 12.7. The predicted octanol–water partition coefficient (Wildman–Crippen LogP) is 3.90. The maximum absolute atomic E-state index is 13.3. The molecule has 0 radical (unpaired) electrons. The summed E-state index contributed by atoms with van der Waals surface area (Å²) in [6, 6.07) is 9.24. The van der Waals surface area contributed by atoms with Crippen LogP contribution < -0.4 is 5.32 Å². The number of carbonyl (C=O) groups is 1. The molecule has 3 aromatic rings. The molecule has 0 unspecified atom stereocenters. The Labute approximate surface area is 181 Å². The molecule has 0 aliphatic carbocycles. The van der Waals surface area contributed by atoms with Crippen LogP contribution in [-0.4, -0.2) is 35.4 Å². The Hall–Kier alpha value is -2.76. The van der Waals surface area contributed by atoms with Crippen molar-refractivity contribution >= 4 is 33.0 Å². The minimum atomic E-state index is -3.74. The summed E-state index contributed by atoms with van der Waals surface area (Å²) in [7, 11) is -3.74. The van der Waals surface area contributed by atoms with Crippen LogP contribution in [-0.2, 0) is 10.0 Å². The van der Waals surface area contributed by atoms with Crippen molar-refractivity contribution in [3.63, 3.8) is 0 Å². The van der Waals surface area contributed by atoms with Gasteiger partial charge in [0.05, 0.1) is 10.9 Å². The van der Waals surface area contributed by atoms with Gasteiger partial charge in [0.2, 0.25) is 15.0 Å². The van der Waals surface area contributed by atoms with Crippen LogP contribution in [0.4, 0.5) is 14.5 Å². The molecule has 1 atom stereocenters. The van der Waals surface area contributed by atoms with E-state index in [-0.39, 0.29) is 15.6 Å². The molecular formula is C20H18F2N4O3S2. The Bertz CT molecular complexity index is 1250. The molecule has 0 spiro atoms. The molecule has 31 heavy (non-hydrogen) atoms. The molecule has 2 heterocycles. The van der Waals surface area contributed by atoms with Crippen molar-refractivity contribution in [3.8, 4) is 0 Å². The van der Waals surface area contributed by atoms with E-state index in [9.17, 15) is 22.0 Å². The standard InChI is InChI=1S/C20H18F2N4O3S2/c1-12-5-2-3-7-17(12)31(28,29)26-10-4-6-16(26)19-24-25-20(30-19)18(27)23-13-8-9-14(21)15(22)11-13/h2-3,5,7-9,11,16H,4,6,10H2,1H3,(H,23,27)/t16-/m0/s1. The summed E-state index contributed by atoms with van der Waals surface area (Å²) in [6.45, 7) is 2.08. The Kier molecular flexibility index (Phi) is 5.82. The fourth-order valence-corrected chi connectivity index (χ4v) is 6.31. The number of halogens is 2. The molecule has 1 fully saturated rings. The topological polar surface area (TPSA) is 92.3 Å². The lowest BCUT2D eigenvalue weighted by atomic mass is 10.2. The summed E-state index contributed by atoms with van der Waals surface area (Å²) in [5.41, 5.74) is 0.724. The van der Waals surface area contributed by atoms with Gasteiger partial charge in [0.15, 0.2) is 11.6 Å². The molecule has 11 heteroatoms. The molecule has 1 N–H and O–H groups in total. The van der Waals surface area contributed by atoms with Crippen molar-refractivity contribution in [2.45, 2.75) is 30.7 Å². The van der Waals surface area contributed by atoms with E-state index in [1.165, 1.54) is 10.4 Å². The van der Waals surface area contributed by atoms with Crippen LogP contribution in [0.2, 0.25) is 0 Å². The number of amides is 1. The number of benzene rings is 2. The first-order chi connectivity index (χ1) is 14.8. The number of hydrogen-bond acceptors (Lipinski definition) is 6. The summed E-state index contributed by atoms with van der Waals surface area (Å²) in [6.07, 6.45) is 1.22. The number of sulfonamides is 1. The highest BCUT2D eigenvalue weighted by Crippen LogP contribution is 2.38. The van der Waals surface area contributed by atoms with E-state index in [1.54, 1.807) is 31.2 Å². The van der Waals surface area contributed by atoms with E-state index in [4.69, 9.17) is 0 Å². The maximum Gasteiger partial charge on any atom is 0.286 e. The van der Waals surface area contributed by atoms with Crippen LogP contribution in [0, 0.1) is 18.6 Å².